The van der Waals surface area contributed by atoms with Crippen molar-refractivity contribution in [2.75, 3.05) is 31.1 Å². The van der Waals surface area contributed by atoms with E-state index in [1.165, 1.54) is 0 Å². The summed E-state index contributed by atoms with van der Waals surface area (Å²) < 4.78 is 3.93. The minimum Gasteiger partial charge on any atom is -0.350 e. The summed E-state index contributed by atoms with van der Waals surface area (Å²) in [5, 5.41) is 8.32. The largest absolute Gasteiger partial charge is 0.350 e. The highest BCUT2D eigenvalue weighted by Crippen LogP contribution is 2.26. The molecule has 0 spiro atoms. The summed E-state index contributed by atoms with van der Waals surface area (Å²) in [5.74, 6) is 0.138. The first-order valence-electron chi connectivity index (χ1n) is 9.50. The van der Waals surface area contributed by atoms with Crippen molar-refractivity contribution in [3.8, 4) is 0 Å². The number of benzene rings is 1. The lowest BCUT2D eigenvalue weighted by molar-refractivity contribution is -0.136. The summed E-state index contributed by atoms with van der Waals surface area (Å²) in [4.78, 5) is 28.0. The molecule has 8 heteroatoms. The maximum absolute atomic E-state index is 12.7. The van der Waals surface area contributed by atoms with Gasteiger partial charge >= 0.3 is 6.03 Å². The molecule has 5 rings (SSSR count). The van der Waals surface area contributed by atoms with Gasteiger partial charge in [-0.1, -0.05) is 18.2 Å². The zero-order valence-electron chi connectivity index (χ0n) is 15.7. The molecule has 2 aliphatic rings. The lowest BCUT2D eigenvalue weighted by Crippen LogP contribution is -2.51. The number of aryl methyl sites for hydroxylation is 1. The standard InChI is InChI=1S/C20H22N6O2/c1-23-10-14(17-4-2-3-5-18(17)23)8-19(27)24-11-16(12-24)26-13-15(9-22-26)25-7-6-21-20(25)28/h2-5,9-10,13,16H,6-8,11-12H2,1H3,(H,21,28). The highest BCUT2D eigenvalue weighted by Gasteiger charge is 2.33. The van der Waals surface area contributed by atoms with E-state index in [0.29, 0.717) is 32.6 Å². The van der Waals surface area contributed by atoms with Crippen molar-refractivity contribution < 1.29 is 9.59 Å². The van der Waals surface area contributed by atoms with Gasteiger partial charge in [-0.25, -0.2) is 4.79 Å². The number of fused-ring (bicyclic) bond motifs is 1. The van der Waals surface area contributed by atoms with E-state index in [-0.39, 0.29) is 18.0 Å². The van der Waals surface area contributed by atoms with E-state index in [1.807, 2.05) is 41.2 Å². The zero-order valence-corrected chi connectivity index (χ0v) is 15.7. The highest BCUT2D eigenvalue weighted by molar-refractivity contribution is 5.93. The van der Waals surface area contributed by atoms with Crippen LogP contribution in [0.2, 0.25) is 0 Å². The number of rotatable bonds is 4. The molecule has 8 nitrogen and oxygen atoms in total. The molecule has 1 aromatic carbocycles. The van der Waals surface area contributed by atoms with Crippen LogP contribution in [0.4, 0.5) is 10.5 Å². The van der Waals surface area contributed by atoms with Crippen LogP contribution in [0.25, 0.3) is 10.9 Å². The fourth-order valence-corrected chi connectivity index (χ4v) is 4.05. The summed E-state index contributed by atoms with van der Waals surface area (Å²) in [7, 11) is 2.01. The first-order chi connectivity index (χ1) is 13.6. The molecule has 4 heterocycles. The van der Waals surface area contributed by atoms with Gasteiger partial charge in [-0.15, -0.1) is 0 Å². The van der Waals surface area contributed by atoms with Crippen LogP contribution < -0.4 is 10.2 Å². The van der Waals surface area contributed by atoms with E-state index >= 15 is 0 Å². The fourth-order valence-electron chi connectivity index (χ4n) is 4.05. The summed E-state index contributed by atoms with van der Waals surface area (Å²) >= 11 is 0. The van der Waals surface area contributed by atoms with Gasteiger partial charge < -0.3 is 14.8 Å². The van der Waals surface area contributed by atoms with Gasteiger partial charge in [0.25, 0.3) is 0 Å². The molecule has 0 radical (unpaired) electrons. The number of anilines is 1. The van der Waals surface area contributed by atoms with Crippen molar-refractivity contribution in [1.29, 1.82) is 0 Å². The molecule has 2 saturated heterocycles. The maximum atomic E-state index is 12.7. The molecule has 0 atom stereocenters. The van der Waals surface area contributed by atoms with Crippen LogP contribution in [-0.4, -0.2) is 57.4 Å². The predicted molar refractivity (Wildman–Crippen MR) is 105 cm³/mol. The van der Waals surface area contributed by atoms with Gasteiger partial charge in [-0.3, -0.25) is 14.4 Å². The molecule has 2 aromatic heterocycles. The number of hydrogen-bond acceptors (Lipinski definition) is 3. The average Bonchev–Trinajstić information content (AvgIpc) is 3.35. The van der Waals surface area contributed by atoms with E-state index < -0.39 is 0 Å². The second kappa shape index (κ2) is 6.40. The smallest absolute Gasteiger partial charge is 0.322 e. The third kappa shape index (κ3) is 2.72. The second-order valence-electron chi connectivity index (χ2n) is 7.47. The van der Waals surface area contributed by atoms with Crippen LogP contribution in [-0.2, 0) is 18.3 Å². The zero-order chi connectivity index (χ0) is 19.3. The van der Waals surface area contributed by atoms with Crippen LogP contribution in [0.5, 0.6) is 0 Å². The molecule has 3 amide bonds. The number of para-hydroxylation sites is 1. The summed E-state index contributed by atoms with van der Waals surface area (Å²) in [6.45, 7) is 2.61. The molecule has 0 aliphatic carbocycles. The second-order valence-corrected chi connectivity index (χ2v) is 7.47. The van der Waals surface area contributed by atoms with Crippen LogP contribution in [0, 0.1) is 0 Å². The van der Waals surface area contributed by atoms with Crippen LogP contribution in [0.1, 0.15) is 11.6 Å². The Labute approximate surface area is 162 Å². The number of hydrogen-bond donors (Lipinski definition) is 1. The van der Waals surface area contributed by atoms with Gasteiger partial charge in [0.15, 0.2) is 0 Å². The van der Waals surface area contributed by atoms with Crippen LogP contribution in [0.3, 0.4) is 0 Å². The maximum Gasteiger partial charge on any atom is 0.322 e. The number of nitrogens with one attached hydrogen (secondary N) is 1. The summed E-state index contributed by atoms with van der Waals surface area (Å²) in [6.07, 6.45) is 6.06. The van der Waals surface area contributed by atoms with E-state index in [1.54, 1.807) is 11.1 Å². The van der Waals surface area contributed by atoms with Crippen LogP contribution >= 0.6 is 0 Å². The SMILES string of the molecule is Cn1cc(CC(=O)N2CC(n3cc(N4CCNC4=O)cn3)C2)c2ccccc21. The number of carbonyl (C=O) groups is 2. The van der Waals surface area contributed by atoms with Gasteiger partial charge in [-0.2, -0.15) is 5.10 Å². The number of urea groups is 1. The van der Waals surface area contributed by atoms with Crippen LogP contribution in [0.15, 0.2) is 42.9 Å². The molecule has 0 bridgehead atoms. The minimum atomic E-state index is -0.0833. The molecular formula is C20H22N6O2. The van der Waals surface area contributed by atoms with Gasteiger partial charge in [0.2, 0.25) is 5.91 Å². The Morgan fingerprint density at radius 1 is 1.25 bits per heavy atom. The first-order valence-corrected chi connectivity index (χ1v) is 9.50. The van der Waals surface area contributed by atoms with Crippen molar-refractivity contribution in [3.05, 3.63) is 48.4 Å². The summed E-state index contributed by atoms with van der Waals surface area (Å²) in [5.41, 5.74) is 3.00. The van der Waals surface area contributed by atoms with Crippen molar-refractivity contribution in [1.82, 2.24) is 24.6 Å². The van der Waals surface area contributed by atoms with Gasteiger partial charge in [-0.05, 0) is 11.6 Å². The number of aromatic nitrogens is 3. The molecule has 0 saturated carbocycles. The quantitative estimate of drug-likeness (QED) is 0.748. The Kier molecular flexibility index (Phi) is 3.85. The molecule has 0 unspecified atom stereocenters. The molecule has 144 valence electrons. The van der Waals surface area contributed by atoms with E-state index in [2.05, 4.69) is 27.1 Å². The average molecular weight is 378 g/mol. The topological polar surface area (TPSA) is 75.4 Å². The number of likely N-dealkylation sites (tertiary alicyclic amines) is 1. The highest BCUT2D eigenvalue weighted by atomic mass is 16.2. The Bertz CT molecular complexity index is 1060. The van der Waals surface area contributed by atoms with E-state index in [9.17, 15) is 9.59 Å². The third-order valence-corrected chi connectivity index (χ3v) is 5.67. The number of nitrogens with zero attached hydrogens (tertiary/aromatic N) is 5. The predicted octanol–water partition coefficient (Wildman–Crippen LogP) is 1.53. The minimum absolute atomic E-state index is 0.0833. The Balaban J connectivity index is 1.23. The Morgan fingerprint density at radius 2 is 2.07 bits per heavy atom. The lowest BCUT2D eigenvalue weighted by atomic mass is 10.1. The molecular weight excluding hydrogens is 356 g/mol. The molecule has 2 aliphatic heterocycles. The van der Waals surface area contributed by atoms with Gasteiger partial charge in [0, 0.05) is 56.5 Å². The fraction of sp³-hybridized carbons (Fsp3) is 0.350. The Hall–Kier alpha value is -3.29. The molecule has 28 heavy (non-hydrogen) atoms. The van der Waals surface area contributed by atoms with Crippen molar-refractivity contribution in [2.24, 2.45) is 7.05 Å². The number of carbonyl (C=O) groups excluding carboxylic acids is 2. The third-order valence-electron chi connectivity index (χ3n) is 5.67. The van der Waals surface area contributed by atoms with Crippen molar-refractivity contribution >= 4 is 28.5 Å². The Morgan fingerprint density at radius 3 is 2.86 bits per heavy atom. The van der Waals surface area contributed by atoms with E-state index in [4.69, 9.17) is 0 Å². The normalized spacial score (nSPS) is 17.2. The monoisotopic (exact) mass is 378 g/mol. The molecule has 1 N–H and O–H groups in total. The van der Waals surface area contributed by atoms with Gasteiger partial charge in [0.1, 0.15) is 0 Å². The van der Waals surface area contributed by atoms with Crippen molar-refractivity contribution in [3.63, 3.8) is 0 Å². The summed E-state index contributed by atoms with van der Waals surface area (Å²) in [6, 6.07) is 8.23. The number of amides is 3. The van der Waals surface area contributed by atoms with E-state index in [0.717, 1.165) is 22.2 Å². The molecule has 2 fully saturated rings. The lowest BCUT2D eigenvalue weighted by Gasteiger charge is -2.39. The van der Waals surface area contributed by atoms with Gasteiger partial charge in [0.05, 0.1) is 24.3 Å². The molecule has 3 aromatic rings. The van der Waals surface area contributed by atoms with Crippen molar-refractivity contribution in [2.45, 2.75) is 12.5 Å². The first kappa shape index (κ1) is 16.9.